The first-order valence-corrected chi connectivity index (χ1v) is 8.77. The van der Waals surface area contributed by atoms with Gasteiger partial charge in [0, 0.05) is 6.42 Å². The second kappa shape index (κ2) is 11.1. The van der Waals surface area contributed by atoms with Gasteiger partial charge in [0.2, 0.25) is 11.8 Å². The number of rotatable bonds is 7. The third-order valence-corrected chi connectivity index (χ3v) is 4.58. The number of hydrogen-bond donors (Lipinski definition) is 2. The number of piperidine rings is 1. The van der Waals surface area contributed by atoms with E-state index in [1.165, 1.54) is 12.8 Å². The van der Waals surface area contributed by atoms with E-state index < -0.39 is 5.54 Å². The van der Waals surface area contributed by atoms with Crippen LogP contribution in [0.4, 0.5) is 0 Å². The summed E-state index contributed by atoms with van der Waals surface area (Å²) in [5, 5.41) is 10.5. The molecule has 152 valence electrons. The van der Waals surface area contributed by atoms with Crippen molar-refractivity contribution in [1.82, 2.24) is 25.7 Å². The molecule has 0 radical (unpaired) electrons. The third-order valence-electron chi connectivity index (χ3n) is 4.58. The van der Waals surface area contributed by atoms with Crippen molar-refractivity contribution in [2.45, 2.75) is 52.1 Å². The Kier molecular flexibility index (Phi) is 10.7. The van der Waals surface area contributed by atoms with Crippen LogP contribution >= 0.6 is 24.8 Å². The number of halogens is 2. The van der Waals surface area contributed by atoms with Gasteiger partial charge < -0.3 is 20.1 Å². The van der Waals surface area contributed by atoms with Gasteiger partial charge in [0.25, 0.3) is 0 Å². The van der Waals surface area contributed by atoms with Crippen LogP contribution in [-0.4, -0.2) is 48.1 Å². The van der Waals surface area contributed by atoms with Crippen LogP contribution in [0.1, 0.15) is 51.7 Å². The predicted octanol–water partition coefficient (Wildman–Crippen LogP) is 2.35. The molecule has 1 fully saturated rings. The quantitative estimate of drug-likeness (QED) is 0.718. The van der Waals surface area contributed by atoms with E-state index in [0.717, 1.165) is 13.1 Å². The Balaban J connectivity index is 0.00000312. The Morgan fingerprint density at radius 1 is 1.42 bits per heavy atom. The predicted molar refractivity (Wildman–Crippen MR) is 107 cm³/mol. The van der Waals surface area contributed by atoms with Crippen LogP contribution < -0.4 is 10.6 Å². The van der Waals surface area contributed by atoms with Crippen molar-refractivity contribution in [3.63, 3.8) is 0 Å². The number of hydrogen-bond acceptors (Lipinski definition) is 6. The molecule has 2 heterocycles. The zero-order valence-corrected chi connectivity index (χ0v) is 18.0. The Labute approximate surface area is 168 Å². The molecule has 26 heavy (non-hydrogen) atoms. The van der Waals surface area contributed by atoms with Gasteiger partial charge in [-0.1, -0.05) is 12.1 Å². The summed E-state index contributed by atoms with van der Waals surface area (Å²) in [4.78, 5) is 18.8. The summed E-state index contributed by atoms with van der Waals surface area (Å²) in [6.07, 6.45) is 2.92. The molecule has 7 nitrogen and oxygen atoms in total. The van der Waals surface area contributed by atoms with Gasteiger partial charge in [-0.3, -0.25) is 4.79 Å². The highest BCUT2D eigenvalue weighted by Crippen LogP contribution is 2.24. The van der Waals surface area contributed by atoms with E-state index in [1.54, 1.807) is 0 Å². The molecular formula is C17H33Cl2N5O2. The zero-order chi connectivity index (χ0) is 17.7. The molecule has 2 atom stereocenters. The first-order chi connectivity index (χ1) is 11.3. The molecule has 2 rings (SSSR count). The van der Waals surface area contributed by atoms with Gasteiger partial charge in [-0.05, 0) is 65.7 Å². The van der Waals surface area contributed by atoms with E-state index in [1.807, 2.05) is 32.8 Å². The number of amides is 1. The molecule has 1 aliphatic heterocycles. The van der Waals surface area contributed by atoms with Crippen LogP contribution in [0.5, 0.6) is 0 Å². The summed E-state index contributed by atoms with van der Waals surface area (Å²) < 4.78 is 5.26. The van der Waals surface area contributed by atoms with Crippen molar-refractivity contribution in [2.75, 3.05) is 27.2 Å². The number of carbonyl (C=O) groups is 1. The van der Waals surface area contributed by atoms with Gasteiger partial charge in [0.15, 0.2) is 5.82 Å². The van der Waals surface area contributed by atoms with Gasteiger partial charge in [-0.25, -0.2) is 0 Å². The van der Waals surface area contributed by atoms with Crippen LogP contribution in [0.2, 0.25) is 0 Å². The Bertz CT molecular complexity index is 545. The fourth-order valence-corrected chi connectivity index (χ4v) is 3.12. The van der Waals surface area contributed by atoms with Crippen LogP contribution in [0.25, 0.3) is 0 Å². The molecule has 1 amide bonds. The first kappa shape index (κ1) is 25.1. The van der Waals surface area contributed by atoms with E-state index in [9.17, 15) is 4.79 Å². The third kappa shape index (κ3) is 7.39. The summed E-state index contributed by atoms with van der Waals surface area (Å²) in [5.41, 5.74) is -0.643. The minimum absolute atomic E-state index is 0. The fourth-order valence-electron chi connectivity index (χ4n) is 3.12. The van der Waals surface area contributed by atoms with E-state index >= 15 is 0 Å². The molecule has 1 aromatic heterocycles. The Hall–Kier alpha value is -0.890. The van der Waals surface area contributed by atoms with E-state index in [4.69, 9.17) is 4.52 Å². The maximum atomic E-state index is 12.4. The number of nitrogens with one attached hydrogen (secondary N) is 2. The van der Waals surface area contributed by atoms with E-state index in [2.05, 4.69) is 27.7 Å². The minimum atomic E-state index is -0.643. The van der Waals surface area contributed by atoms with Crippen LogP contribution in [0.15, 0.2) is 4.52 Å². The van der Waals surface area contributed by atoms with Crippen molar-refractivity contribution in [1.29, 1.82) is 0 Å². The highest BCUT2D eigenvalue weighted by molar-refractivity contribution is 5.85. The molecule has 0 bridgehead atoms. The lowest BCUT2D eigenvalue weighted by Crippen LogP contribution is -2.43. The van der Waals surface area contributed by atoms with E-state index in [0.29, 0.717) is 36.5 Å². The van der Waals surface area contributed by atoms with Crippen LogP contribution in [0, 0.1) is 11.8 Å². The molecule has 9 heteroatoms. The second-order valence-corrected chi connectivity index (χ2v) is 7.71. The van der Waals surface area contributed by atoms with Crippen molar-refractivity contribution in [3.8, 4) is 0 Å². The molecular weight excluding hydrogens is 377 g/mol. The highest BCUT2D eigenvalue weighted by Gasteiger charge is 2.30. The minimum Gasteiger partial charge on any atom is -0.344 e. The summed E-state index contributed by atoms with van der Waals surface area (Å²) in [5.74, 6) is 2.04. The van der Waals surface area contributed by atoms with Crippen molar-refractivity contribution < 1.29 is 9.32 Å². The maximum Gasteiger partial charge on any atom is 0.240 e. The average Bonchev–Trinajstić information content (AvgIpc) is 2.96. The first-order valence-electron chi connectivity index (χ1n) is 8.77. The molecule has 1 aliphatic rings. The molecule has 0 spiro atoms. The number of nitrogens with zero attached hydrogens (tertiary/aromatic N) is 3. The molecule has 1 aromatic rings. The molecule has 0 aromatic carbocycles. The summed E-state index contributed by atoms with van der Waals surface area (Å²) in [6, 6.07) is 0. The monoisotopic (exact) mass is 409 g/mol. The summed E-state index contributed by atoms with van der Waals surface area (Å²) >= 11 is 0. The topological polar surface area (TPSA) is 83.3 Å². The van der Waals surface area contributed by atoms with Gasteiger partial charge in [0.05, 0.1) is 12.1 Å². The Morgan fingerprint density at radius 3 is 2.69 bits per heavy atom. The van der Waals surface area contributed by atoms with E-state index in [-0.39, 0.29) is 30.7 Å². The van der Waals surface area contributed by atoms with Crippen LogP contribution in [0.3, 0.4) is 0 Å². The Morgan fingerprint density at radius 2 is 2.12 bits per heavy atom. The lowest BCUT2D eigenvalue weighted by Gasteiger charge is -2.29. The molecule has 0 saturated carbocycles. The van der Waals surface area contributed by atoms with Crippen LogP contribution in [-0.2, 0) is 16.9 Å². The standard InChI is InChI=1S/C17H31N5O2.2ClH/c1-12(13-7-6-8-18-10-13)9-14(23)20-17(2,3)16-19-15(24-21-16)11-22(4)5;;/h12-13,18H,6-11H2,1-5H3,(H,20,23);2*1H. The lowest BCUT2D eigenvalue weighted by molar-refractivity contribution is -0.124. The van der Waals surface area contributed by atoms with Crippen molar-refractivity contribution in [3.05, 3.63) is 11.7 Å². The summed E-state index contributed by atoms with van der Waals surface area (Å²) in [6.45, 7) is 8.66. The molecule has 0 aliphatic carbocycles. The lowest BCUT2D eigenvalue weighted by atomic mass is 9.85. The number of carbonyl (C=O) groups excluding carboxylic acids is 1. The van der Waals surface area contributed by atoms with Gasteiger partial charge in [-0.15, -0.1) is 24.8 Å². The van der Waals surface area contributed by atoms with Crippen molar-refractivity contribution in [2.24, 2.45) is 11.8 Å². The zero-order valence-electron chi connectivity index (χ0n) is 16.4. The molecule has 2 N–H and O–H groups in total. The summed E-state index contributed by atoms with van der Waals surface area (Å²) in [7, 11) is 3.89. The number of aromatic nitrogens is 2. The van der Waals surface area contributed by atoms with Gasteiger partial charge in [0.1, 0.15) is 0 Å². The normalized spacial score (nSPS) is 18.6. The second-order valence-electron chi connectivity index (χ2n) is 7.71. The smallest absolute Gasteiger partial charge is 0.240 e. The highest BCUT2D eigenvalue weighted by atomic mass is 35.5. The van der Waals surface area contributed by atoms with Gasteiger partial charge >= 0.3 is 0 Å². The molecule has 2 unspecified atom stereocenters. The fraction of sp³-hybridized carbons (Fsp3) is 0.824. The molecule has 1 saturated heterocycles. The average molecular weight is 410 g/mol. The largest absolute Gasteiger partial charge is 0.344 e. The van der Waals surface area contributed by atoms with Gasteiger partial charge in [-0.2, -0.15) is 4.98 Å². The SMILES string of the molecule is CC(CC(=O)NC(C)(C)c1noc(CN(C)C)n1)C1CCCNC1.Cl.Cl. The van der Waals surface area contributed by atoms with Crippen molar-refractivity contribution >= 4 is 30.7 Å². The maximum absolute atomic E-state index is 12.4.